The van der Waals surface area contributed by atoms with Gasteiger partial charge in [0.15, 0.2) is 11.5 Å². The fraction of sp³-hybridized carbons (Fsp3) is 0.667. The number of hydrogen-bond acceptors (Lipinski definition) is 10. The Balaban J connectivity index is 3.25. The van der Waals surface area contributed by atoms with Crippen LogP contribution >= 0.6 is 0 Å². The third-order valence-corrected chi connectivity index (χ3v) is 6.71. The smallest absolute Gasteiger partial charge is 0.480 e. The van der Waals surface area contributed by atoms with Crippen LogP contribution in [0.5, 0.6) is 11.5 Å². The van der Waals surface area contributed by atoms with Gasteiger partial charge in [-0.05, 0) is 49.8 Å². The third-order valence-electron chi connectivity index (χ3n) is 6.71. The highest BCUT2D eigenvalue weighted by atomic mass is 16.7. The zero-order chi connectivity index (χ0) is 30.9. The second-order valence-corrected chi connectivity index (χ2v) is 10.5. The lowest BCUT2D eigenvalue weighted by Gasteiger charge is -2.26. The minimum atomic E-state index is -1.37. The zero-order valence-electron chi connectivity index (χ0n) is 25.2. The summed E-state index contributed by atoms with van der Waals surface area (Å²) in [5.74, 6) is -3.07. The Bertz CT molecular complexity index is 980. The number of rotatable bonds is 18. The second kappa shape index (κ2) is 18.9. The fourth-order valence-corrected chi connectivity index (χ4v) is 3.82. The van der Waals surface area contributed by atoms with Crippen molar-refractivity contribution < 1.29 is 48.0 Å². The van der Waals surface area contributed by atoms with E-state index < -0.39 is 42.3 Å². The predicted octanol–water partition coefficient (Wildman–Crippen LogP) is 6.21. The van der Waals surface area contributed by atoms with Crippen molar-refractivity contribution in [1.29, 1.82) is 0 Å². The number of esters is 1. The lowest BCUT2D eigenvalue weighted by Crippen LogP contribution is -2.38. The number of carboxylic acids is 1. The third kappa shape index (κ3) is 13.2. The molecule has 1 aromatic carbocycles. The summed E-state index contributed by atoms with van der Waals surface area (Å²) in [5.41, 5.74) is 6.42. The number of aliphatic carboxylic acids is 1. The molecule has 232 valence electrons. The van der Waals surface area contributed by atoms with Gasteiger partial charge in [-0.1, -0.05) is 66.4 Å². The molecule has 41 heavy (non-hydrogen) atoms. The van der Waals surface area contributed by atoms with Gasteiger partial charge in [0.2, 0.25) is 0 Å². The zero-order valence-corrected chi connectivity index (χ0v) is 25.2. The van der Waals surface area contributed by atoms with Crippen LogP contribution in [0.4, 0.5) is 9.59 Å². The highest BCUT2D eigenvalue weighted by Gasteiger charge is 2.31. The van der Waals surface area contributed by atoms with Gasteiger partial charge in [-0.3, -0.25) is 9.59 Å². The van der Waals surface area contributed by atoms with Crippen molar-refractivity contribution in [1.82, 2.24) is 0 Å². The van der Waals surface area contributed by atoms with Gasteiger partial charge < -0.3 is 34.5 Å². The normalized spacial score (nSPS) is 14.0. The van der Waals surface area contributed by atoms with Crippen molar-refractivity contribution in [3.05, 3.63) is 23.8 Å². The maximum atomic E-state index is 12.5. The first kappa shape index (κ1) is 35.7. The Kier molecular flexibility index (Phi) is 16.5. The fourth-order valence-electron chi connectivity index (χ4n) is 3.82. The molecule has 1 aromatic rings. The number of carboxylic acid groups (broad SMARTS) is 1. The molecule has 0 saturated heterocycles. The minimum Gasteiger partial charge on any atom is -0.480 e. The first-order valence-electron chi connectivity index (χ1n) is 14.4. The van der Waals surface area contributed by atoms with E-state index in [1.54, 1.807) is 13.8 Å². The summed E-state index contributed by atoms with van der Waals surface area (Å²) < 4.78 is 26.4. The van der Waals surface area contributed by atoms with Crippen LogP contribution in [0.1, 0.15) is 98.0 Å². The Labute approximate surface area is 243 Å². The number of carbonyl (C=O) groups excluding carboxylic acids is 3. The molecule has 11 nitrogen and oxygen atoms in total. The first-order valence-corrected chi connectivity index (χ1v) is 14.4. The van der Waals surface area contributed by atoms with Crippen LogP contribution in [0.3, 0.4) is 0 Å². The molecule has 0 aromatic heterocycles. The second-order valence-electron chi connectivity index (χ2n) is 10.5. The van der Waals surface area contributed by atoms with Gasteiger partial charge in [0.25, 0.3) is 0 Å². The quantitative estimate of drug-likeness (QED) is 0.0878. The monoisotopic (exact) mass is 581 g/mol. The molecule has 3 N–H and O–H groups in total. The van der Waals surface area contributed by atoms with Crippen molar-refractivity contribution in [2.75, 3.05) is 13.2 Å². The summed E-state index contributed by atoms with van der Waals surface area (Å²) in [6.45, 7) is 11.6. The van der Waals surface area contributed by atoms with Crippen molar-refractivity contribution >= 4 is 24.2 Å². The first-order chi connectivity index (χ1) is 19.4. The van der Waals surface area contributed by atoms with Crippen LogP contribution in [0.25, 0.3) is 0 Å². The molecule has 0 heterocycles. The van der Waals surface area contributed by atoms with E-state index in [1.807, 2.05) is 27.7 Å². The average Bonchev–Trinajstić information content (AvgIpc) is 2.92. The Morgan fingerprint density at radius 1 is 0.829 bits per heavy atom. The lowest BCUT2D eigenvalue weighted by molar-refractivity contribution is -0.154. The summed E-state index contributed by atoms with van der Waals surface area (Å²) in [7, 11) is 0. The van der Waals surface area contributed by atoms with E-state index in [0.717, 1.165) is 25.7 Å². The van der Waals surface area contributed by atoms with Gasteiger partial charge in [0, 0.05) is 5.92 Å². The van der Waals surface area contributed by atoms with E-state index in [4.69, 9.17) is 29.4 Å². The summed E-state index contributed by atoms with van der Waals surface area (Å²) in [6.07, 6.45) is 2.39. The Morgan fingerprint density at radius 3 is 1.85 bits per heavy atom. The largest absolute Gasteiger partial charge is 0.513 e. The Morgan fingerprint density at radius 2 is 1.37 bits per heavy atom. The van der Waals surface area contributed by atoms with Gasteiger partial charge in [-0.15, -0.1) is 0 Å². The van der Waals surface area contributed by atoms with E-state index in [0.29, 0.717) is 18.4 Å². The van der Waals surface area contributed by atoms with E-state index >= 15 is 0 Å². The molecule has 1 rings (SSSR count). The number of unbranched alkanes of at least 4 members (excludes halogenated alkanes) is 4. The molecule has 0 saturated carbocycles. The highest BCUT2D eigenvalue weighted by Crippen LogP contribution is 2.35. The number of nitrogens with two attached hydrogens (primary N) is 1. The van der Waals surface area contributed by atoms with Crippen molar-refractivity contribution in [3.63, 3.8) is 0 Å². The molecule has 11 heteroatoms. The summed E-state index contributed by atoms with van der Waals surface area (Å²) in [6, 6.07) is 2.87. The highest BCUT2D eigenvalue weighted by molar-refractivity contribution is 5.75. The molecule has 0 spiro atoms. The number of hydrogen-bond donors (Lipinski definition) is 2. The molecular formula is C30H47NO10. The van der Waals surface area contributed by atoms with Crippen LogP contribution in [0.15, 0.2) is 18.2 Å². The van der Waals surface area contributed by atoms with E-state index in [9.17, 15) is 24.3 Å². The van der Waals surface area contributed by atoms with Crippen molar-refractivity contribution in [2.45, 2.75) is 105 Å². The molecular weight excluding hydrogens is 534 g/mol. The van der Waals surface area contributed by atoms with Gasteiger partial charge in [-0.2, -0.15) is 0 Å². The molecule has 0 aliphatic heterocycles. The summed E-state index contributed by atoms with van der Waals surface area (Å²) in [4.78, 5) is 49.0. The van der Waals surface area contributed by atoms with Crippen LogP contribution in [-0.2, 0) is 23.8 Å². The van der Waals surface area contributed by atoms with E-state index in [1.165, 1.54) is 18.2 Å². The van der Waals surface area contributed by atoms with Gasteiger partial charge in [0.1, 0.15) is 6.04 Å². The molecule has 0 bridgehead atoms. The number of benzene rings is 1. The maximum Gasteiger partial charge on any atom is 0.513 e. The molecule has 3 unspecified atom stereocenters. The summed E-state index contributed by atoms with van der Waals surface area (Å²) >= 11 is 0. The van der Waals surface area contributed by atoms with E-state index in [2.05, 4.69) is 0 Å². The van der Waals surface area contributed by atoms with Crippen LogP contribution in [0, 0.1) is 11.8 Å². The molecule has 0 aliphatic rings. The van der Waals surface area contributed by atoms with Gasteiger partial charge in [-0.25, -0.2) is 9.59 Å². The van der Waals surface area contributed by atoms with Crippen molar-refractivity contribution in [2.24, 2.45) is 17.6 Å². The average molecular weight is 582 g/mol. The van der Waals surface area contributed by atoms with Crippen LogP contribution < -0.4 is 15.2 Å². The van der Waals surface area contributed by atoms with E-state index in [-0.39, 0.29) is 43.0 Å². The SMILES string of the molecule is CCCCCOC(=O)Oc1ccc(C(CC(C)OC(=O)C(C)C(C)C)[C@H](N)C(=O)O)cc1OC(=O)OCCCCC. The predicted molar refractivity (Wildman–Crippen MR) is 152 cm³/mol. The van der Waals surface area contributed by atoms with Crippen LogP contribution in [0.2, 0.25) is 0 Å². The molecule has 0 radical (unpaired) electrons. The summed E-state index contributed by atoms with van der Waals surface area (Å²) in [5, 5.41) is 9.70. The number of ether oxygens (including phenoxy) is 5. The lowest BCUT2D eigenvalue weighted by atomic mass is 9.87. The van der Waals surface area contributed by atoms with Crippen LogP contribution in [-0.4, -0.2) is 54.7 Å². The van der Waals surface area contributed by atoms with Gasteiger partial charge >= 0.3 is 24.2 Å². The minimum absolute atomic E-state index is 0.0686. The molecule has 4 atom stereocenters. The maximum absolute atomic E-state index is 12.5. The Hall–Kier alpha value is -3.34. The van der Waals surface area contributed by atoms with Gasteiger partial charge in [0.05, 0.1) is 25.2 Å². The molecule has 0 amide bonds. The molecule has 0 aliphatic carbocycles. The number of carbonyl (C=O) groups is 4. The van der Waals surface area contributed by atoms with Crippen molar-refractivity contribution in [3.8, 4) is 11.5 Å². The molecule has 0 fully saturated rings. The standard InChI is InChI=1S/C30H47NO10/c1-7-9-11-15-37-29(35)40-24-14-13-22(18-25(24)41-30(36)38-16-12-10-8-2)23(26(31)27(32)33)17-20(5)39-28(34)21(6)19(3)4/h13-14,18-21,23,26H,7-12,15-17,31H2,1-6H3,(H,32,33)/t20?,21?,23?,26-/m0/s1. The topological polar surface area (TPSA) is 161 Å².